The zero-order valence-corrected chi connectivity index (χ0v) is 12.2. The number of nitrogens with zero attached hydrogens (tertiary/aromatic N) is 3. The van der Waals surface area contributed by atoms with E-state index in [0.29, 0.717) is 12.6 Å². The molecule has 0 saturated heterocycles. The summed E-state index contributed by atoms with van der Waals surface area (Å²) in [5.74, 6) is 4.76. The number of anilines is 1. The lowest BCUT2D eigenvalue weighted by Crippen LogP contribution is -2.55. The van der Waals surface area contributed by atoms with Crippen LogP contribution in [0.3, 0.4) is 0 Å². The number of rotatable bonds is 3. The van der Waals surface area contributed by atoms with Crippen LogP contribution in [0.2, 0.25) is 0 Å². The van der Waals surface area contributed by atoms with E-state index < -0.39 is 0 Å². The Morgan fingerprint density at radius 2 is 1.65 bits per heavy atom. The third-order valence-corrected chi connectivity index (χ3v) is 5.90. The van der Waals surface area contributed by atoms with Gasteiger partial charge in [-0.3, -0.25) is 4.98 Å². The minimum Gasteiger partial charge on any atom is -0.355 e. The van der Waals surface area contributed by atoms with E-state index in [9.17, 15) is 0 Å². The Hall–Kier alpha value is -1.16. The lowest BCUT2D eigenvalue weighted by atomic mass is 9.54. The molecule has 5 rings (SSSR count). The molecule has 4 saturated carbocycles. The van der Waals surface area contributed by atoms with Crippen molar-refractivity contribution in [1.82, 2.24) is 9.97 Å². The minimum absolute atomic E-state index is 0.473. The van der Waals surface area contributed by atoms with Gasteiger partial charge in [-0.25, -0.2) is 4.98 Å². The van der Waals surface area contributed by atoms with Gasteiger partial charge >= 0.3 is 0 Å². The molecule has 4 nitrogen and oxygen atoms in total. The second-order valence-electron chi connectivity index (χ2n) is 7.06. The van der Waals surface area contributed by atoms with Gasteiger partial charge in [0.15, 0.2) is 5.82 Å². The Bertz CT molecular complexity index is 473. The van der Waals surface area contributed by atoms with Crippen LogP contribution in [0.25, 0.3) is 0 Å². The maximum absolute atomic E-state index is 5.83. The number of nitrogens with two attached hydrogens (primary N) is 1. The van der Waals surface area contributed by atoms with Crippen LogP contribution in [0, 0.1) is 23.7 Å². The van der Waals surface area contributed by atoms with E-state index in [2.05, 4.69) is 21.9 Å². The van der Waals surface area contributed by atoms with E-state index in [1.807, 2.05) is 0 Å². The molecule has 1 aromatic rings. The molecule has 0 aromatic carbocycles. The molecule has 108 valence electrons. The fraction of sp³-hybridized carbons (Fsp3) is 0.750. The Labute approximate surface area is 120 Å². The monoisotopic (exact) mass is 272 g/mol. The van der Waals surface area contributed by atoms with Crippen molar-refractivity contribution in [3.8, 4) is 0 Å². The SMILES string of the molecule is CN(c1nccnc1CN)C1C2CC3CC(C2)CC1C3. The first-order valence-electron chi connectivity index (χ1n) is 7.99. The van der Waals surface area contributed by atoms with Gasteiger partial charge in [-0.15, -0.1) is 0 Å². The molecule has 0 unspecified atom stereocenters. The third-order valence-electron chi connectivity index (χ3n) is 5.90. The molecule has 4 bridgehead atoms. The molecule has 0 spiro atoms. The summed E-state index contributed by atoms with van der Waals surface area (Å²) in [4.78, 5) is 11.4. The second-order valence-corrected chi connectivity index (χ2v) is 7.06. The van der Waals surface area contributed by atoms with Gasteiger partial charge in [0.25, 0.3) is 0 Å². The summed E-state index contributed by atoms with van der Waals surface area (Å²) in [5, 5.41) is 0. The smallest absolute Gasteiger partial charge is 0.151 e. The molecule has 4 aliphatic carbocycles. The van der Waals surface area contributed by atoms with Crippen LogP contribution in [0.1, 0.15) is 37.8 Å². The topological polar surface area (TPSA) is 55.0 Å². The van der Waals surface area contributed by atoms with Gasteiger partial charge in [-0.05, 0) is 55.8 Å². The summed E-state index contributed by atoms with van der Waals surface area (Å²) in [5.41, 5.74) is 6.77. The molecule has 4 fully saturated rings. The molecule has 4 heteroatoms. The third kappa shape index (κ3) is 1.85. The van der Waals surface area contributed by atoms with Gasteiger partial charge in [0.05, 0.1) is 5.69 Å². The predicted octanol–water partition coefficient (Wildman–Crippen LogP) is 2.20. The summed E-state index contributed by atoms with van der Waals surface area (Å²) >= 11 is 0. The Kier molecular flexibility index (Phi) is 2.95. The lowest BCUT2D eigenvalue weighted by Gasteiger charge is -2.56. The number of hydrogen-bond acceptors (Lipinski definition) is 4. The molecular formula is C16H24N4. The van der Waals surface area contributed by atoms with Gasteiger partial charge in [0.2, 0.25) is 0 Å². The summed E-state index contributed by atoms with van der Waals surface area (Å²) < 4.78 is 0. The highest BCUT2D eigenvalue weighted by Gasteiger charge is 2.49. The van der Waals surface area contributed by atoms with E-state index in [-0.39, 0.29) is 0 Å². The average molecular weight is 272 g/mol. The van der Waals surface area contributed by atoms with E-state index in [4.69, 9.17) is 5.73 Å². The van der Waals surface area contributed by atoms with Gasteiger partial charge in [0.1, 0.15) is 0 Å². The van der Waals surface area contributed by atoms with Crippen molar-refractivity contribution >= 4 is 5.82 Å². The largest absolute Gasteiger partial charge is 0.355 e. The molecule has 0 radical (unpaired) electrons. The first kappa shape index (κ1) is 12.6. The van der Waals surface area contributed by atoms with Crippen LogP contribution in [0.5, 0.6) is 0 Å². The highest BCUT2D eigenvalue weighted by Crippen LogP contribution is 2.55. The van der Waals surface area contributed by atoms with Crippen molar-refractivity contribution in [3.05, 3.63) is 18.1 Å². The summed E-state index contributed by atoms with van der Waals surface area (Å²) in [6.45, 7) is 0.473. The zero-order valence-electron chi connectivity index (χ0n) is 12.2. The van der Waals surface area contributed by atoms with Crippen LogP contribution < -0.4 is 10.6 Å². The normalized spacial score (nSPS) is 38.2. The van der Waals surface area contributed by atoms with Crippen LogP contribution in [-0.2, 0) is 6.54 Å². The van der Waals surface area contributed by atoms with Crippen molar-refractivity contribution in [2.24, 2.45) is 29.4 Å². The molecule has 1 aromatic heterocycles. The van der Waals surface area contributed by atoms with Crippen LogP contribution >= 0.6 is 0 Å². The maximum Gasteiger partial charge on any atom is 0.151 e. The van der Waals surface area contributed by atoms with Crippen LogP contribution in [0.15, 0.2) is 12.4 Å². The lowest BCUT2D eigenvalue weighted by molar-refractivity contribution is -0.00148. The standard InChI is InChI=1S/C16H24N4/c1-20(16-14(9-17)18-2-3-19-16)15-12-5-10-4-11(7-12)8-13(15)6-10/h2-3,10-13,15H,4-9,17H2,1H3. The highest BCUT2D eigenvalue weighted by molar-refractivity contribution is 5.44. The van der Waals surface area contributed by atoms with Crippen LogP contribution in [-0.4, -0.2) is 23.1 Å². The maximum atomic E-state index is 5.83. The van der Waals surface area contributed by atoms with Crippen molar-refractivity contribution in [1.29, 1.82) is 0 Å². The van der Waals surface area contributed by atoms with E-state index in [1.165, 1.54) is 32.1 Å². The fourth-order valence-corrected chi connectivity index (χ4v) is 5.47. The molecule has 20 heavy (non-hydrogen) atoms. The fourth-order valence-electron chi connectivity index (χ4n) is 5.47. The van der Waals surface area contributed by atoms with Crippen molar-refractivity contribution in [2.45, 2.75) is 44.7 Å². The number of hydrogen-bond donors (Lipinski definition) is 1. The van der Waals surface area contributed by atoms with Crippen molar-refractivity contribution < 1.29 is 0 Å². The van der Waals surface area contributed by atoms with Crippen molar-refractivity contribution in [2.75, 3.05) is 11.9 Å². The molecular weight excluding hydrogens is 248 g/mol. The zero-order chi connectivity index (χ0) is 13.7. The van der Waals surface area contributed by atoms with E-state index in [0.717, 1.165) is 35.2 Å². The molecule has 2 N–H and O–H groups in total. The average Bonchev–Trinajstić information content (AvgIpc) is 2.46. The Morgan fingerprint density at radius 3 is 2.25 bits per heavy atom. The summed E-state index contributed by atoms with van der Waals surface area (Å²) in [6, 6.07) is 0.657. The van der Waals surface area contributed by atoms with Gasteiger partial charge in [0, 0.05) is 32.0 Å². The first-order chi connectivity index (χ1) is 9.76. The van der Waals surface area contributed by atoms with E-state index >= 15 is 0 Å². The van der Waals surface area contributed by atoms with E-state index in [1.54, 1.807) is 12.4 Å². The highest BCUT2D eigenvalue weighted by atomic mass is 15.2. The summed E-state index contributed by atoms with van der Waals surface area (Å²) in [6.07, 6.45) is 10.8. The van der Waals surface area contributed by atoms with Gasteiger partial charge in [-0.1, -0.05) is 0 Å². The molecule has 4 aliphatic rings. The molecule has 0 amide bonds. The number of aromatic nitrogens is 2. The molecule has 0 aliphatic heterocycles. The first-order valence-corrected chi connectivity index (χ1v) is 7.99. The Balaban J connectivity index is 1.64. The van der Waals surface area contributed by atoms with Gasteiger partial charge in [-0.2, -0.15) is 0 Å². The predicted molar refractivity (Wildman–Crippen MR) is 79.2 cm³/mol. The van der Waals surface area contributed by atoms with Crippen LogP contribution in [0.4, 0.5) is 5.82 Å². The molecule has 0 atom stereocenters. The second kappa shape index (κ2) is 4.69. The summed E-state index contributed by atoms with van der Waals surface area (Å²) in [7, 11) is 2.20. The minimum atomic E-state index is 0.473. The van der Waals surface area contributed by atoms with Crippen molar-refractivity contribution in [3.63, 3.8) is 0 Å². The Morgan fingerprint density at radius 1 is 1.05 bits per heavy atom. The quantitative estimate of drug-likeness (QED) is 0.916. The molecule has 1 heterocycles. The van der Waals surface area contributed by atoms with Gasteiger partial charge < -0.3 is 10.6 Å².